The van der Waals surface area contributed by atoms with Crippen molar-refractivity contribution < 1.29 is 19.1 Å². The zero-order valence-electron chi connectivity index (χ0n) is 18.2. The maximum atomic E-state index is 13.3. The number of rotatable bonds is 6. The monoisotopic (exact) mass is 467 g/mol. The first-order valence-electron chi connectivity index (χ1n) is 10.8. The van der Waals surface area contributed by atoms with Crippen molar-refractivity contribution in [3.8, 4) is 5.75 Å². The van der Waals surface area contributed by atoms with Crippen LogP contribution in [0.25, 0.3) is 0 Å². The molecular formula is C28H21NO4S. The number of hydrogen-bond donors (Lipinski definition) is 0. The van der Waals surface area contributed by atoms with Gasteiger partial charge in [0.15, 0.2) is 6.61 Å². The van der Waals surface area contributed by atoms with Gasteiger partial charge in [-0.05, 0) is 42.0 Å². The number of anilines is 2. The van der Waals surface area contributed by atoms with Crippen molar-refractivity contribution in [3.63, 3.8) is 0 Å². The molecule has 0 bridgehead atoms. The van der Waals surface area contributed by atoms with Crippen molar-refractivity contribution in [1.82, 2.24) is 0 Å². The average Bonchev–Trinajstić information content (AvgIpc) is 2.89. The van der Waals surface area contributed by atoms with Crippen molar-refractivity contribution in [2.45, 2.75) is 16.4 Å². The number of carbonyl (C=O) groups excluding carboxylic acids is 2. The Bertz CT molecular complexity index is 1290. The highest BCUT2D eigenvalue weighted by atomic mass is 32.2. The van der Waals surface area contributed by atoms with Crippen LogP contribution >= 0.6 is 11.8 Å². The van der Waals surface area contributed by atoms with Gasteiger partial charge in [0.2, 0.25) is 0 Å². The molecule has 1 amide bonds. The smallest absolute Gasteiger partial charge is 0.342 e. The SMILES string of the molecule is O=C(OCC(=O)N1c2ccccc2Sc2ccccc21)c1ccccc1OCc1ccccc1. The van der Waals surface area contributed by atoms with E-state index >= 15 is 0 Å². The second kappa shape index (κ2) is 9.85. The topological polar surface area (TPSA) is 55.8 Å². The Hall–Kier alpha value is -4.03. The Labute approximate surface area is 201 Å². The molecule has 34 heavy (non-hydrogen) atoms. The lowest BCUT2D eigenvalue weighted by Crippen LogP contribution is -2.32. The first-order valence-corrected chi connectivity index (χ1v) is 11.6. The van der Waals surface area contributed by atoms with Crippen LogP contribution in [0, 0.1) is 0 Å². The van der Waals surface area contributed by atoms with Gasteiger partial charge >= 0.3 is 5.97 Å². The Morgan fingerprint density at radius 2 is 1.29 bits per heavy atom. The molecule has 168 valence electrons. The summed E-state index contributed by atoms with van der Waals surface area (Å²) < 4.78 is 11.3. The van der Waals surface area contributed by atoms with E-state index in [1.54, 1.807) is 40.9 Å². The summed E-state index contributed by atoms with van der Waals surface area (Å²) in [6.07, 6.45) is 0. The maximum absolute atomic E-state index is 13.3. The molecule has 1 heterocycles. The summed E-state index contributed by atoms with van der Waals surface area (Å²) in [5.41, 5.74) is 2.82. The van der Waals surface area contributed by atoms with Gasteiger partial charge in [-0.1, -0.05) is 78.5 Å². The van der Waals surface area contributed by atoms with Crippen molar-refractivity contribution >= 4 is 35.0 Å². The molecule has 0 aromatic heterocycles. The molecule has 0 spiro atoms. The number of nitrogens with zero attached hydrogens (tertiary/aromatic N) is 1. The van der Waals surface area contributed by atoms with Crippen molar-refractivity contribution in [3.05, 3.63) is 114 Å². The largest absolute Gasteiger partial charge is 0.488 e. The average molecular weight is 468 g/mol. The van der Waals surface area contributed by atoms with Gasteiger partial charge in [-0.25, -0.2) is 4.79 Å². The third-order valence-corrected chi connectivity index (χ3v) is 6.48. The van der Waals surface area contributed by atoms with E-state index in [2.05, 4.69) is 0 Å². The molecule has 0 aliphatic carbocycles. The number of fused-ring (bicyclic) bond motifs is 2. The van der Waals surface area contributed by atoms with E-state index in [4.69, 9.17) is 9.47 Å². The summed E-state index contributed by atoms with van der Waals surface area (Å²) in [5.74, 6) is -0.518. The predicted molar refractivity (Wildman–Crippen MR) is 132 cm³/mol. The fraction of sp³-hybridized carbons (Fsp3) is 0.0714. The van der Waals surface area contributed by atoms with Crippen LogP contribution in [0.1, 0.15) is 15.9 Å². The van der Waals surface area contributed by atoms with Crippen LogP contribution in [-0.4, -0.2) is 18.5 Å². The summed E-state index contributed by atoms with van der Waals surface area (Å²) in [5, 5.41) is 0. The number of para-hydroxylation sites is 3. The van der Waals surface area contributed by atoms with E-state index in [0.29, 0.717) is 12.4 Å². The van der Waals surface area contributed by atoms with E-state index in [-0.39, 0.29) is 18.1 Å². The Kier molecular flexibility index (Phi) is 6.31. The van der Waals surface area contributed by atoms with Crippen LogP contribution < -0.4 is 9.64 Å². The van der Waals surface area contributed by atoms with E-state index in [9.17, 15) is 9.59 Å². The third kappa shape index (κ3) is 4.54. The second-order valence-corrected chi connectivity index (χ2v) is 8.70. The zero-order chi connectivity index (χ0) is 23.3. The van der Waals surface area contributed by atoms with Crippen LogP contribution in [0.5, 0.6) is 5.75 Å². The molecule has 6 heteroatoms. The molecule has 5 rings (SSSR count). The first kappa shape index (κ1) is 21.8. The van der Waals surface area contributed by atoms with Gasteiger partial charge in [0.05, 0.1) is 11.4 Å². The standard InChI is InChI=1S/C28H21NO4S/c30-27(29-22-13-5-8-16-25(22)34-26-17-9-6-14-23(26)29)19-33-28(31)21-12-4-7-15-24(21)32-18-20-10-2-1-3-11-20/h1-17H,18-19H2. The van der Waals surface area contributed by atoms with E-state index < -0.39 is 5.97 Å². The number of benzene rings is 4. The minimum absolute atomic E-state index is 0.279. The lowest BCUT2D eigenvalue weighted by molar-refractivity contribution is -0.121. The summed E-state index contributed by atoms with van der Waals surface area (Å²) in [4.78, 5) is 29.7. The van der Waals surface area contributed by atoms with Gasteiger partial charge in [-0.3, -0.25) is 9.69 Å². The van der Waals surface area contributed by atoms with Gasteiger partial charge in [-0.15, -0.1) is 0 Å². The molecule has 0 fully saturated rings. The number of carbonyl (C=O) groups is 2. The van der Waals surface area contributed by atoms with E-state index in [1.165, 1.54) is 0 Å². The van der Waals surface area contributed by atoms with Crippen LogP contribution in [-0.2, 0) is 16.1 Å². The Morgan fingerprint density at radius 1 is 0.706 bits per heavy atom. The van der Waals surface area contributed by atoms with Crippen molar-refractivity contribution in [2.24, 2.45) is 0 Å². The van der Waals surface area contributed by atoms with Crippen molar-refractivity contribution in [1.29, 1.82) is 0 Å². The Morgan fingerprint density at radius 3 is 2.00 bits per heavy atom. The molecule has 0 saturated heterocycles. The first-order chi connectivity index (χ1) is 16.7. The quantitative estimate of drug-likeness (QED) is 0.314. The number of esters is 1. The second-order valence-electron chi connectivity index (χ2n) is 7.61. The molecule has 0 saturated carbocycles. The molecule has 0 unspecified atom stereocenters. The van der Waals surface area contributed by atoms with Gasteiger partial charge < -0.3 is 9.47 Å². The highest BCUT2D eigenvalue weighted by Crippen LogP contribution is 2.47. The minimum Gasteiger partial charge on any atom is -0.488 e. The van der Waals surface area contributed by atoms with Gasteiger partial charge in [0.1, 0.15) is 17.9 Å². The molecule has 1 aliphatic heterocycles. The molecule has 4 aromatic carbocycles. The van der Waals surface area contributed by atoms with Gasteiger partial charge in [-0.2, -0.15) is 0 Å². The molecule has 0 radical (unpaired) electrons. The van der Waals surface area contributed by atoms with Crippen LogP contribution in [0.15, 0.2) is 113 Å². The van der Waals surface area contributed by atoms with Crippen LogP contribution in [0.2, 0.25) is 0 Å². The summed E-state index contributed by atoms with van der Waals surface area (Å²) in [6, 6.07) is 32.0. The fourth-order valence-corrected chi connectivity index (χ4v) is 4.80. The summed E-state index contributed by atoms with van der Waals surface area (Å²) in [6.45, 7) is -0.0672. The molecule has 5 nitrogen and oxygen atoms in total. The highest BCUT2D eigenvalue weighted by Gasteiger charge is 2.28. The number of ether oxygens (including phenoxy) is 2. The highest BCUT2D eigenvalue weighted by molar-refractivity contribution is 7.99. The molecule has 4 aromatic rings. The Balaban J connectivity index is 1.31. The fourth-order valence-electron chi connectivity index (χ4n) is 3.74. The van der Waals surface area contributed by atoms with E-state index in [0.717, 1.165) is 26.7 Å². The lowest BCUT2D eigenvalue weighted by Gasteiger charge is -2.30. The molecule has 0 atom stereocenters. The van der Waals surface area contributed by atoms with Crippen LogP contribution in [0.4, 0.5) is 11.4 Å². The lowest BCUT2D eigenvalue weighted by atomic mass is 10.2. The normalized spacial score (nSPS) is 11.8. The predicted octanol–water partition coefficient (Wildman–Crippen LogP) is 6.25. The van der Waals surface area contributed by atoms with Gasteiger partial charge in [0, 0.05) is 9.79 Å². The summed E-state index contributed by atoms with van der Waals surface area (Å²) >= 11 is 1.61. The number of amides is 1. The summed E-state index contributed by atoms with van der Waals surface area (Å²) in [7, 11) is 0. The van der Waals surface area contributed by atoms with Crippen LogP contribution in [0.3, 0.4) is 0 Å². The third-order valence-electron chi connectivity index (χ3n) is 5.35. The maximum Gasteiger partial charge on any atom is 0.342 e. The van der Waals surface area contributed by atoms with Crippen molar-refractivity contribution in [2.75, 3.05) is 11.5 Å². The molecule has 1 aliphatic rings. The van der Waals surface area contributed by atoms with Gasteiger partial charge in [0.25, 0.3) is 5.91 Å². The molecule has 0 N–H and O–H groups in total. The minimum atomic E-state index is -0.607. The molecular weight excluding hydrogens is 446 g/mol. The number of hydrogen-bond acceptors (Lipinski definition) is 5. The van der Waals surface area contributed by atoms with E-state index in [1.807, 2.05) is 78.9 Å². The zero-order valence-corrected chi connectivity index (χ0v) is 19.0.